The monoisotopic (exact) mass is 675 g/mol. The topological polar surface area (TPSA) is 99.2 Å². The standard InChI is InChI=1S/C43H33NO7/c1-49-32-22-16-26(17-23-32)34-35(27-18-24-33(50-2)25-19-27)43(30-12-8-5-9-13-30)37-36(42(34,41(43)48)29-10-6-4-7-11-29)38(45)44(39(37)46)31-20-14-28(15-21-31)40(47)51-3/h4-25,36-37H,1-3H3/t36-,37-,42-,43-/m0/s1. The summed E-state index contributed by atoms with van der Waals surface area (Å²) in [6.07, 6.45) is 0. The number of esters is 1. The number of allylic oxidation sites excluding steroid dienone is 2. The van der Waals surface area contributed by atoms with E-state index in [1.165, 1.54) is 24.1 Å². The number of methoxy groups -OCH3 is 3. The van der Waals surface area contributed by atoms with Crippen LogP contribution >= 0.6 is 0 Å². The summed E-state index contributed by atoms with van der Waals surface area (Å²) in [7, 11) is 4.47. The second-order valence-electron chi connectivity index (χ2n) is 12.9. The van der Waals surface area contributed by atoms with Gasteiger partial charge in [-0.05, 0) is 81.9 Å². The molecule has 5 aromatic carbocycles. The van der Waals surface area contributed by atoms with Gasteiger partial charge in [0.15, 0.2) is 5.78 Å². The summed E-state index contributed by atoms with van der Waals surface area (Å²) in [5.74, 6) is -2.61. The maximum Gasteiger partial charge on any atom is 0.337 e. The van der Waals surface area contributed by atoms with Crippen LogP contribution in [0, 0.1) is 11.8 Å². The summed E-state index contributed by atoms with van der Waals surface area (Å²) in [4.78, 5) is 59.8. The molecule has 0 spiro atoms. The number of carbonyl (C=O) groups is 4. The Balaban J connectivity index is 1.49. The van der Waals surface area contributed by atoms with Crippen LogP contribution in [0.2, 0.25) is 0 Å². The molecule has 2 amide bonds. The lowest BCUT2D eigenvalue weighted by Crippen LogP contribution is -2.45. The average molecular weight is 676 g/mol. The van der Waals surface area contributed by atoms with Crippen LogP contribution in [0.4, 0.5) is 5.69 Å². The zero-order chi connectivity index (χ0) is 35.5. The SMILES string of the molecule is COC(=O)c1ccc(N2C(=O)[C@@H]3[C@@H](C2=O)[C@@]2(c4ccccc4)C(=O)[C@@]3(c3ccccc3)C(c3ccc(OC)cc3)=C2c2ccc(OC)cc2)cc1. The zero-order valence-corrected chi connectivity index (χ0v) is 28.2. The van der Waals surface area contributed by atoms with E-state index in [2.05, 4.69) is 0 Å². The fraction of sp³-hybridized carbons (Fsp3) is 0.163. The van der Waals surface area contributed by atoms with E-state index in [9.17, 15) is 4.79 Å². The van der Waals surface area contributed by atoms with Crippen molar-refractivity contribution in [3.63, 3.8) is 0 Å². The molecule has 0 aromatic heterocycles. The molecule has 8 nitrogen and oxygen atoms in total. The van der Waals surface area contributed by atoms with Crippen molar-refractivity contribution in [1.82, 2.24) is 0 Å². The van der Waals surface area contributed by atoms with E-state index in [0.717, 1.165) is 11.1 Å². The number of Topliss-reactive ketones (excluding diaryl/α,β-unsaturated/α-hetero) is 1. The fourth-order valence-corrected chi connectivity index (χ4v) is 8.76. The van der Waals surface area contributed by atoms with Gasteiger partial charge in [-0.1, -0.05) is 84.9 Å². The molecule has 2 fully saturated rings. The third-order valence-electron chi connectivity index (χ3n) is 10.8. The van der Waals surface area contributed by atoms with Crippen LogP contribution in [0.3, 0.4) is 0 Å². The molecular weight excluding hydrogens is 642 g/mol. The quantitative estimate of drug-likeness (QED) is 0.134. The minimum atomic E-state index is -1.56. The van der Waals surface area contributed by atoms with Crippen molar-refractivity contribution in [1.29, 1.82) is 0 Å². The highest BCUT2D eigenvalue weighted by Gasteiger charge is 2.82. The van der Waals surface area contributed by atoms with Gasteiger partial charge in [0.25, 0.3) is 0 Å². The molecule has 1 saturated heterocycles. The van der Waals surface area contributed by atoms with Crippen molar-refractivity contribution in [3.05, 3.63) is 161 Å². The molecule has 4 atom stereocenters. The molecule has 0 N–H and O–H groups in total. The third-order valence-corrected chi connectivity index (χ3v) is 10.8. The number of anilines is 1. The molecule has 8 rings (SSSR count). The first-order chi connectivity index (χ1) is 24.8. The van der Waals surface area contributed by atoms with Gasteiger partial charge in [0.1, 0.15) is 11.5 Å². The van der Waals surface area contributed by atoms with Crippen LogP contribution in [0.1, 0.15) is 32.6 Å². The highest BCUT2D eigenvalue weighted by molar-refractivity contribution is 6.39. The highest BCUT2D eigenvalue weighted by Crippen LogP contribution is 2.74. The van der Waals surface area contributed by atoms with E-state index in [1.807, 2.05) is 109 Å². The molecule has 3 aliphatic rings. The van der Waals surface area contributed by atoms with Gasteiger partial charge in [-0.3, -0.25) is 14.4 Å². The number of amides is 2. The van der Waals surface area contributed by atoms with Crippen molar-refractivity contribution in [2.75, 3.05) is 26.2 Å². The Hall–Kier alpha value is -6.28. The molecule has 252 valence electrons. The number of rotatable bonds is 8. The smallest absolute Gasteiger partial charge is 0.337 e. The number of carbonyl (C=O) groups excluding carboxylic acids is 4. The van der Waals surface area contributed by atoms with Crippen LogP contribution in [0.5, 0.6) is 11.5 Å². The number of ether oxygens (including phenoxy) is 3. The van der Waals surface area contributed by atoms with Crippen LogP contribution < -0.4 is 14.4 Å². The zero-order valence-electron chi connectivity index (χ0n) is 28.2. The predicted octanol–water partition coefficient (Wildman–Crippen LogP) is 6.68. The summed E-state index contributed by atoms with van der Waals surface area (Å²) in [5.41, 5.74) is 1.53. The van der Waals surface area contributed by atoms with Crippen molar-refractivity contribution >= 4 is 40.4 Å². The number of hydrogen-bond acceptors (Lipinski definition) is 7. The first kappa shape index (κ1) is 32.0. The van der Waals surface area contributed by atoms with Gasteiger partial charge >= 0.3 is 5.97 Å². The van der Waals surface area contributed by atoms with Gasteiger partial charge in [-0.25, -0.2) is 9.69 Å². The lowest BCUT2D eigenvalue weighted by molar-refractivity contribution is -0.130. The Morgan fingerprint density at radius 1 is 0.549 bits per heavy atom. The Morgan fingerprint density at radius 3 is 1.33 bits per heavy atom. The van der Waals surface area contributed by atoms with Crippen molar-refractivity contribution < 1.29 is 33.4 Å². The molecule has 2 bridgehead atoms. The molecule has 0 unspecified atom stereocenters. The molecule has 0 radical (unpaired) electrons. The van der Waals surface area contributed by atoms with Gasteiger partial charge in [0.2, 0.25) is 11.8 Å². The molecule has 1 aliphatic heterocycles. The van der Waals surface area contributed by atoms with Crippen molar-refractivity contribution in [3.8, 4) is 11.5 Å². The molecule has 8 heteroatoms. The number of nitrogens with zero attached hydrogens (tertiary/aromatic N) is 1. The van der Waals surface area contributed by atoms with Gasteiger partial charge in [-0.15, -0.1) is 0 Å². The van der Waals surface area contributed by atoms with E-state index < -0.39 is 40.4 Å². The number of fused-ring (bicyclic) bond motifs is 5. The van der Waals surface area contributed by atoms with Crippen LogP contribution in [-0.4, -0.2) is 44.9 Å². The van der Waals surface area contributed by atoms with E-state index in [4.69, 9.17) is 14.2 Å². The second kappa shape index (κ2) is 11.9. The van der Waals surface area contributed by atoms with Gasteiger partial charge in [0.05, 0.1) is 55.2 Å². The lowest BCUT2D eigenvalue weighted by Gasteiger charge is -2.39. The Morgan fingerprint density at radius 2 is 0.961 bits per heavy atom. The summed E-state index contributed by atoms with van der Waals surface area (Å²) < 4.78 is 15.9. The molecule has 2 aliphatic carbocycles. The highest BCUT2D eigenvalue weighted by atomic mass is 16.5. The fourth-order valence-electron chi connectivity index (χ4n) is 8.76. The van der Waals surface area contributed by atoms with E-state index in [0.29, 0.717) is 39.5 Å². The lowest BCUT2D eigenvalue weighted by atomic mass is 9.59. The number of hydrogen-bond donors (Lipinski definition) is 0. The molecule has 5 aromatic rings. The largest absolute Gasteiger partial charge is 0.497 e. The molecule has 1 saturated carbocycles. The first-order valence-electron chi connectivity index (χ1n) is 16.6. The predicted molar refractivity (Wildman–Crippen MR) is 191 cm³/mol. The Labute approximate surface area is 294 Å². The summed E-state index contributed by atoms with van der Waals surface area (Å²) >= 11 is 0. The first-order valence-corrected chi connectivity index (χ1v) is 16.6. The maximum absolute atomic E-state index is 16.1. The normalized spacial score (nSPS) is 23.4. The number of benzene rings is 5. The maximum atomic E-state index is 16.1. The van der Waals surface area contributed by atoms with Gasteiger partial charge in [-0.2, -0.15) is 0 Å². The second-order valence-corrected chi connectivity index (χ2v) is 12.9. The Kier molecular flexibility index (Phi) is 7.49. The third kappa shape index (κ3) is 4.26. The number of ketones is 1. The van der Waals surface area contributed by atoms with E-state index >= 15 is 14.4 Å². The molecule has 1 heterocycles. The minimum Gasteiger partial charge on any atom is -0.497 e. The van der Waals surface area contributed by atoms with E-state index in [1.54, 1.807) is 26.4 Å². The Bertz CT molecular complexity index is 2100. The van der Waals surface area contributed by atoms with E-state index in [-0.39, 0.29) is 11.3 Å². The van der Waals surface area contributed by atoms with Crippen LogP contribution in [-0.2, 0) is 30.0 Å². The summed E-state index contributed by atoms with van der Waals surface area (Å²) in [5, 5.41) is 0. The van der Waals surface area contributed by atoms with Crippen LogP contribution in [0.25, 0.3) is 11.1 Å². The summed E-state index contributed by atoms with van der Waals surface area (Å²) in [6, 6.07) is 39.9. The van der Waals surface area contributed by atoms with Crippen molar-refractivity contribution in [2.24, 2.45) is 11.8 Å². The molecule has 51 heavy (non-hydrogen) atoms. The van der Waals surface area contributed by atoms with Gasteiger partial charge < -0.3 is 14.2 Å². The van der Waals surface area contributed by atoms with Crippen molar-refractivity contribution in [2.45, 2.75) is 10.8 Å². The minimum absolute atomic E-state index is 0.221. The van der Waals surface area contributed by atoms with Crippen LogP contribution in [0.15, 0.2) is 133 Å². The molecular formula is C43H33NO7. The number of imide groups is 1. The summed E-state index contributed by atoms with van der Waals surface area (Å²) in [6.45, 7) is 0. The van der Waals surface area contributed by atoms with Gasteiger partial charge in [0, 0.05) is 0 Å². The average Bonchev–Trinajstić information content (AvgIpc) is 3.70.